The second-order valence-electron chi connectivity index (χ2n) is 7.13. The first kappa shape index (κ1) is 20.6. The summed E-state index contributed by atoms with van der Waals surface area (Å²) in [6.07, 6.45) is 1.77. The molecule has 6 heteroatoms. The predicted octanol–water partition coefficient (Wildman–Crippen LogP) is 4.37. The lowest BCUT2D eigenvalue weighted by molar-refractivity contribution is -0.129. The molecule has 3 rings (SSSR count). The molecule has 1 amide bonds. The monoisotopic (exact) mass is 395 g/mol. The SMILES string of the molecule is CC1=C(C(CCCCC(=O)NO)c2ccc(F)cc2)C(=O)c2ccccc2C1=O. The van der Waals surface area contributed by atoms with Gasteiger partial charge in [-0.2, -0.15) is 0 Å². The summed E-state index contributed by atoms with van der Waals surface area (Å²) in [5, 5.41) is 8.62. The van der Waals surface area contributed by atoms with E-state index in [2.05, 4.69) is 0 Å². The number of fused-ring (bicyclic) bond motifs is 1. The van der Waals surface area contributed by atoms with Crippen molar-refractivity contribution >= 4 is 17.5 Å². The number of ketones is 2. The Labute approximate surface area is 168 Å². The summed E-state index contributed by atoms with van der Waals surface area (Å²) in [7, 11) is 0. The molecule has 0 aliphatic heterocycles. The molecule has 0 saturated heterocycles. The zero-order chi connectivity index (χ0) is 21.0. The van der Waals surface area contributed by atoms with Gasteiger partial charge in [-0.05, 0) is 37.5 Å². The average molecular weight is 395 g/mol. The molecule has 0 heterocycles. The number of allylic oxidation sites excluding steroid dienone is 2. The van der Waals surface area contributed by atoms with Gasteiger partial charge in [0.05, 0.1) is 0 Å². The fourth-order valence-corrected chi connectivity index (χ4v) is 3.80. The van der Waals surface area contributed by atoms with Crippen LogP contribution in [0, 0.1) is 5.82 Å². The van der Waals surface area contributed by atoms with Crippen molar-refractivity contribution in [3.63, 3.8) is 0 Å². The lowest BCUT2D eigenvalue weighted by atomic mass is 9.75. The summed E-state index contributed by atoms with van der Waals surface area (Å²) < 4.78 is 13.4. The molecule has 0 spiro atoms. The number of hydrogen-bond acceptors (Lipinski definition) is 4. The summed E-state index contributed by atoms with van der Waals surface area (Å²) in [6.45, 7) is 1.65. The van der Waals surface area contributed by atoms with E-state index in [1.807, 2.05) is 0 Å². The maximum atomic E-state index is 13.4. The molecular formula is C23H22FNO4. The van der Waals surface area contributed by atoms with Crippen LogP contribution in [0.2, 0.25) is 0 Å². The van der Waals surface area contributed by atoms with Crippen LogP contribution in [0.5, 0.6) is 0 Å². The number of Topliss-reactive ketones (excluding diaryl/α,β-unsaturated/α-hetero) is 2. The number of halogens is 1. The second kappa shape index (κ2) is 8.92. The molecule has 150 valence electrons. The molecule has 2 aromatic rings. The standard InChI is InChI=1S/C23H22FNO4/c1-14-21(23(28)19-8-3-2-7-18(19)22(14)27)17(6-4-5-9-20(26)25-29)15-10-12-16(24)13-11-15/h2-3,7-8,10-13,17,29H,4-6,9H2,1H3,(H,25,26). The summed E-state index contributed by atoms with van der Waals surface area (Å²) >= 11 is 0. The van der Waals surface area contributed by atoms with Crippen molar-refractivity contribution in [2.75, 3.05) is 0 Å². The van der Waals surface area contributed by atoms with Gasteiger partial charge >= 0.3 is 0 Å². The first-order valence-electron chi connectivity index (χ1n) is 9.51. The molecule has 1 aliphatic rings. The predicted molar refractivity (Wildman–Crippen MR) is 105 cm³/mol. The third-order valence-electron chi connectivity index (χ3n) is 5.30. The van der Waals surface area contributed by atoms with Crippen LogP contribution in [-0.2, 0) is 4.79 Å². The second-order valence-corrected chi connectivity index (χ2v) is 7.13. The van der Waals surface area contributed by atoms with Crippen LogP contribution >= 0.6 is 0 Å². The normalized spacial score (nSPS) is 14.6. The third-order valence-corrected chi connectivity index (χ3v) is 5.30. The number of rotatable bonds is 7. The third kappa shape index (κ3) is 4.32. The molecule has 2 N–H and O–H groups in total. The van der Waals surface area contributed by atoms with Crippen LogP contribution in [0.1, 0.15) is 64.8 Å². The van der Waals surface area contributed by atoms with E-state index >= 15 is 0 Å². The lowest BCUT2D eigenvalue weighted by Gasteiger charge is -2.26. The quantitative estimate of drug-likeness (QED) is 0.414. The summed E-state index contributed by atoms with van der Waals surface area (Å²) in [6, 6.07) is 12.7. The fourth-order valence-electron chi connectivity index (χ4n) is 3.80. The van der Waals surface area contributed by atoms with Crippen molar-refractivity contribution in [2.24, 2.45) is 0 Å². The molecule has 0 radical (unpaired) electrons. The molecule has 5 nitrogen and oxygen atoms in total. The topological polar surface area (TPSA) is 83.5 Å². The Morgan fingerprint density at radius 1 is 1.00 bits per heavy atom. The molecule has 0 bridgehead atoms. The smallest absolute Gasteiger partial charge is 0.243 e. The minimum Gasteiger partial charge on any atom is -0.289 e. The van der Waals surface area contributed by atoms with Crippen LogP contribution in [-0.4, -0.2) is 22.7 Å². The van der Waals surface area contributed by atoms with Crippen molar-refractivity contribution < 1.29 is 24.0 Å². The Balaban J connectivity index is 1.95. The van der Waals surface area contributed by atoms with Gasteiger partial charge in [0.15, 0.2) is 11.6 Å². The van der Waals surface area contributed by atoms with Gasteiger partial charge < -0.3 is 0 Å². The number of hydroxylamine groups is 1. The minimum absolute atomic E-state index is 0.153. The Kier molecular flexibility index (Phi) is 6.34. The van der Waals surface area contributed by atoms with Gasteiger partial charge in [0, 0.05) is 34.6 Å². The first-order chi connectivity index (χ1) is 13.9. The van der Waals surface area contributed by atoms with E-state index in [0.29, 0.717) is 41.5 Å². The lowest BCUT2D eigenvalue weighted by Crippen LogP contribution is -2.25. The van der Waals surface area contributed by atoms with E-state index in [4.69, 9.17) is 5.21 Å². The van der Waals surface area contributed by atoms with E-state index in [9.17, 15) is 18.8 Å². The first-order valence-corrected chi connectivity index (χ1v) is 9.51. The van der Waals surface area contributed by atoms with Crippen LogP contribution in [0.15, 0.2) is 59.7 Å². The molecule has 1 atom stereocenters. The number of unbranched alkanes of at least 4 members (excludes halogenated alkanes) is 1. The van der Waals surface area contributed by atoms with Gasteiger partial charge in [0.25, 0.3) is 0 Å². The molecule has 0 fully saturated rings. The number of carbonyl (C=O) groups is 3. The van der Waals surface area contributed by atoms with Gasteiger partial charge in [-0.3, -0.25) is 19.6 Å². The Morgan fingerprint density at radius 2 is 1.62 bits per heavy atom. The molecular weight excluding hydrogens is 373 g/mol. The molecule has 2 aromatic carbocycles. The van der Waals surface area contributed by atoms with E-state index in [0.717, 1.165) is 5.56 Å². The number of hydrogen-bond donors (Lipinski definition) is 2. The Morgan fingerprint density at radius 3 is 2.24 bits per heavy atom. The number of carbonyl (C=O) groups excluding carboxylic acids is 3. The number of nitrogens with one attached hydrogen (secondary N) is 1. The van der Waals surface area contributed by atoms with Gasteiger partial charge in [-0.25, -0.2) is 9.87 Å². The number of amides is 1. The van der Waals surface area contributed by atoms with E-state index in [1.54, 1.807) is 48.8 Å². The highest BCUT2D eigenvalue weighted by molar-refractivity contribution is 6.27. The van der Waals surface area contributed by atoms with Gasteiger partial charge in [-0.15, -0.1) is 0 Å². The van der Waals surface area contributed by atoms with Crippen LogP contribution in [0.25, 0.3) is 0 Å². The maximum absolute atomic E-state index is 13.4. The Hall–Kier alpha value is -3.12. The average Bonchev–Trinajstić information content (AvgIpc) is 2.74. The molecule has 29 heavy (non-hydrogen) atoms. The van der Waals surface area contributed by atoms with E-state index in [-0.39, 0.29) is 23.8 Å². The molecule has 1 unspecified atom stereocenters. The van der Waals surface area contributed by atoms with Crippen LogP contribution in [0.4, 0.5) is 4.39 Å². The largest absolute Gasteiger partial charge is 0.289 e. The highest BCUT2D eigenvalue weighted by Crippen LogP contribution is 2.38. The zero-order valence-corrected chi connectivity index (χ0v) is 16.1. The highest BCUT2D eigenvalue weighted by Gasteiger charge is 2.34. The van der Waals surface area contributed by atoms with E-state index in [1.165, 1.54) is 12.1 Å². The molecule has 0 saturated carbocycles. The van der Waals surface area contributed by atoms with Crippen molar-refractivity contribution in [3.05, 3.63) is 82.2 Å². The van der Waals surface area contributed by atoms with Crippen molar-refractivity contribution in [3.8, 4) is 0 Å². The molecule has 0 aromatic heterocycles. The fraction of sp³-hybridized carbons (Fsp3) is 0.261. The van der Waals surface area contributed by atoms with Crippen LogP contribution in [0.3, 0.4) is 0 Å². The summed E-state index contributed by atoms with van der Waals surface area (Å²) in [5.74, 6) is -1.62. The van der Waals surface area contributed by atoms with Gasteiger partial charge in [-0.1, -0.05) is 42.8 Å². The van der Waals surface area contributed by atoms with Crippen molar-refractivity contribution in [2.45, 2.75) is 38.5 Å². The van der Waals surface area contributed by atoms with Crippen molar-refractivity contribution in [1.29, 1.82) is 0 Å². The Bertz CT molecular complexity index is 979. The summed E-state index contributed by atoms with van der Waals surface area (Å²) in [4.78, 5) is 37.4. The number of benzene rings is 2. The van der Waals surface area contributed by atoms with Gasteiger partial charge in [0.1, 0.15) is 5.82 Å². The van der Waals surface area contributed by atoms with Gasteiger partial charge in [0.2, 0.25) is 5.91 Å². The van der Waals surface area contributed by atoms with Crippen LogP contribution < -0.4 is 5.48 Å². The summed E-state index contributed by atoms with van der Waals surface area (Å²) in [5.41, 5.74) is 3.94. The zero-order valence-electron chi connectivity index (χ0n) is 16.1. The maximum Gasteiger partial charge on any atom is 0.243 e. The van der Waals surface area contributed by atoms with Crippen molar-refractivity contribution in [1.82, 2.24) is 5.48 Å². The highest BCUT2D eigenvalue weighted by atomic mass is 19.1. The minimum atomic E-state index is -0.475. The van der Waals surface area contributed by atoms with E-state index < -0.39 is 11.8 Å². The molecule has 1 aliphatic carbocycles.